The Bertz CT molecular complexity index is 527. The molecule has 1 aliphatic rings. The maximum atomic E-state index is 12.3. The molecule has 0 aliphatic carbocycles. The second-order valence-electron chi connectivity index (χ2n) is 4.85. The van der Waals surface area contributed by atoms with Crippen molar-refractivity contribution < 1.29 is 14.7 Å². The molecule has 1 amide bonds. The number of hydrogen-bond acceptors (Lipinski definition) is 3. The number of anilines is 1. The first kappa shape index (κ1) is 13.5. The number of carboxylic acid groups (broad SMARTS) is 1. The molecule has 1 aliphatic heterocycles. The van der Waals surface area contributed by atoms with Crippen LogP contribution in [0.1, 0.15) is 24.5 Å². The number of aryl methyl sites for hydroxylation is 1. The number of benzene rings is 1. The second kappa shape index (κ2) is 5.01. The summed E-state index contributed by atoms with van der Waals surface area (Å²) in [5, 5.41) is 9.32. The van der Waals surface area contributed by atoms with E-state index in [0.29, 0.717) is 18.5 Å². The van der Waals surface area contributed by atoms with Crippen LogP contribution in [0.15, 0.2) is 18.2 Å². The molecule has 2 atom stereocenters. The van der Waals surface area contributed by atoms with Crippen LogP contribution < -0.4 is 10.6 Å². The highest BCUT2D eigenvalue weighted by molar-refractivity contribution is 6.04. The summed E-state index contributed by atoms with van der Waals surface area (Å²) in [6.07, 6.45) is 0.836. The lowest BCUT2D eigenvalue weighted by atomic mass is 10.0. The van der Waals surface area contributed by atoms with Crippen LogP contribution in [-0.2, 0) is 16.0 Å². The molecule has 2 rings (SSSR count). The summed E-state index contributed by atoms with van der Waals surface area (Å²) in [5.41, 5.74) is 8.38. The SMILES string of the molecule is CC[C@H](N)C(=O)N1c2cccc(C)c2CC1C(=O)O. The van der Waals surface area contributed by atoms with Gasteiger partial charge in [-0.25, -0.2) is 4.79 Å². The Hall–Kier alpha value is -1.88. The number of aliphatic carboxylic acids is 1. The number of rotatable bonds is 3. The van der Waals surface area contributed by atoms with Crippen molar-refractivity contribution in [1.29, 1.82) is 0 Å². The van der Waals surface area contributed by atoms with Gasteiger partial charge >= 0.3 is 5.97 Å². The Morgan fingerprint density at radius 2 is 2.21 bits per heavy atom. The molecule has 0 aromatic heterocycles. The van der Waals surface area contributed by atoms with Crippen LogP contribution in [-0.4, -0.2) is 29.1 Å². The van der Waals surface area contributed by atoms with E-state index in [1.54, 1.807) is 6.07 Å². The van der Waals surface area contributed by atoms with Crippen LogP contribution in [0.3, 0.4) is 0 Å². The summed E-state index contributed by atoms with van der Waals surface area (Å²) in [4.78, 5) is 25.0. The molecule has 5 heteroatoms. The summed E-state index contributed by atoms with van der Waals surface area (Å²) >= 11 is 0. The highest BCUT2D eigenvalue weighted by atomic mass is 16.4. The van der Waals surface area contributed by atoms with Crippen LogP contribution in [0.4, 0.5) is 5.69 Å². The first-order valence-electron chi connectivity index (χ1n) is 6.37. The van der Waals surface area contributed by atoms with E-state index in [9.17, 15) is 14.7 Å². The van der Waals surface area contributed by atoms with Gasteiger partial charge < -0.3 is 10.8 Å². The molecule has 1 aromatic carbocycles. The van der Waals surface area contributed by atoms with Gasteiger partial charge in [0.05, 0.1) is 6.04 Å². The average molecular weight is 262 g/mol. The molecule has 5 nitrogen and oxygen atoms in total. The molecule has 0 saturated carbocycles. The van der Waals surface area contributed by atoms with E-state index in [4.69, 9.17) is 5.73 Å². The molecule has 0 radical (unpaired) electrons. The third-order valence-electron chi connectivity index (χ3n) is 3.63. The minimum absolute atomic E-state index is 0.320. The van der Waals surface area contributed by atoms with Crippen molar-refractivity contribution in [1.82, 2.24) is 0 Å². The zero-order valence-electron chi connectivity index (χ0n) is 11.1. The average Bonchev–Trinajstić information content (AvgIpc) is 2.78. The largest absolute Gasteiger partial charge is 0.480 e. The summed E-state index contributed by atoms with van der Waals surface area (Å²) in [5.74, 6) is -1.31. The quantitative estimate of drug-likeness (QED) is 0.853. The van der Waals surface area contributed by atoms with Gasteiger partial charge in [0, 0.05) is 12.1 Å². The Balaban J connectivity index is 2.47. The third-order valence-corrected chi connectivity index (χ3v) is 3.63. The van der Waals surface area contributed by atoms with Gasteiger partial charge in [-0.3, -0.25) is 9.69 Å². The molecule has 102 valence electrons. The molecule has 3 N–H and O–H groups in total. The Labute approximate surface area is 112 Å². The van der Waals surface area contributed by atoms with Crippen molar-refractivity contribution >= 4 is 17.6 Å². The molecule has 0 saturated heterocycles. The van der Waals surface area contributed by atoms with Gasteiger partial charge in [-0.05, 0) is 30.5 Å². The molecule has 0 spiro atoms. The Kier molecular flexibility index (Phi) is 3.57. The molecule has 0 fully saturated rings. The van der Waals surface area contributed by atoms with Gasteiger partial charge in [-0.2, -0.15) is 0 Å². The number of carboxylic acids is 1. The van der Waals surface area contributed by atoms with E-state index in [0.717, 1.165) is 11.1 Å². The van der Waals surface area contributed by atoms with Crippen LogP contribution in [0.25, 0.3) is 0 Å². The van der Waals surface area contributed by atoms with E-state index in [1.807, 2.05) is 26.0 Å². The number of amides is 1. The van der Waals surface area contributed by atoms with Crippen LogP contribution in [0.5, 0.6) is 0 Å². The topological polar surface area (TPSA) is 83.6 Å². The monoisotopic (exact) mass is 262 g/mol. The third kappa shape index (κ3) is 2.21. The van der Waals surface area contributed by atoms with Crippen LogP contribution in [0.2, 0.25) is 0 Å². The van der Waals surface area contributed by atoms with Crippen LogP contribution in [0, 0.1) is 6.92 Å². The van der Waals surface area contributed by atoms with Crippen molar-refractivity contribution in [3.05, 3.63) is 29.3 Å². The number of carbonyl (C=O) groups is 2. The fourth-order valence-corrected chi connectivity index (χ4v) is 2.45. The van der Waals surface area contributed by atoms with E-state index in [2.05, 4.69) is 0 Å². The minimum atomic E-state index is -0.993. The van der Waals surface area contributed by atoms with Gasteiger partial charge in [0.25, 0.3) is 0 Å². The maximum absolute atomic E-state index is 12.3. The molecular weight excluding hydrogens is 244 g/mol. The fourth-order valence-electron chi connectivity index (χ4n) is 2.45. The standard InChI is InChI=1S/C14H18N2O3/c1-3-10(15)13(17)16-11-6-4-5-8(2)9(11)7-12(16)14(18)19/h4-6,10,12H,3,7,15H2,1-2H3,(H,18,19)/t10-,12?/m0/s1. The van der Waals surface area contributed by atoms with E-state index >= 15 is 0 Å². The second-order valence-corrected chi connectivity index (χ2v) is 4.85. The summed E-state index contributed by atoms with van der Waals surface area (Å²) in [6, 6.07) is 4.03. The van der Waals surface area contributed by atoms with E-state index < -0.39 is 18.1 Å². The molecular formula is C14H18N2O3. The molecule has 1 aromatic rings. The lowest BCUT2D eigenvalue weighted by Gasteiger charge is -2.25. The first-order chi connectivity index (χ1) is 8.97. The number of nitrogens with zero attached hydrogens (tertiary/aromatic N) is 1. The molecule has 1 unspecified atom stereocenters. The number of carbonyl (C=O) groups excluding carboxylic acids is 1. The molecule has 19 heavy (non-hydrogen) atoms. The van der Waals surface area contributed by atoms with Crippen molar-refractivity contribution in [2.45, 2.75) is 38.8 Å². The van der Waals surface area contributed by atoms with E-state index in [-0.39, 0.29) is 5.91 Å². The van der Waals surface area contributed by atoms with Gasteiger partial charge in [0.1, 0.15) is 6.04 Å². The van der Waals surface area contributed by atoms with Gasteiger partial charge in [-0.1, -0.05) is 19.1 Å². The van der Waals surface area contributed by atoms with Crippen LogP contribution >= 0.6 is 0 Å². The molecule has 1 heterocycles. The first-order valence-corrected chi connectivity index (χ1v) is 6.37. The van der Waals surface area contributed by atoms with Gasteiger partial charge in [0.15, 0.2) is 0 Å². The van der Waals surface area contributed by atoms with Crippen molar-refractivity contribution in [2.24, 2.45) is 5.73 Å². The smallest absolute Gasteiger partial charge is 0.327 e. The lowest BCUT2D eigenvalue weighted by Crippen LogP contribution is -2.49. The zero-order chi connectivity index (χ0) is 14.2. The number of nitrogens with two attached hydrogens (primary N) is 1. The van der Waals surface area contributed by atoms with Gasteiger partial charge in [-0.15, -0.1) is 0 Å². The highest BCUT2D eigenvalue weighted by Gasteiger charge is 2.40. The van der Waals surface area contributed by atoms with Crippen molar-refractivity contribution in [2.75, 3.05) is 4.90 Å². The summed E-state index contributed by atoms with van der Waals surface area (Å²) < 4.78 is 0. The predicted molar refractivity (Wildman–Crippen MR) is 72.1 cm³/mol. The highest BCUT2D eigenvalue weighted by Crippen LogP contribution is 2.34. The fraction of sp³-hybridized carbons (Fsp3) is 0.429. The Morgan fingerprint density at radius 1 is 1.53 bits per heavy atom. The van der Waals surface area contributed by atoms with Crippen molar-refractivity contribution in [3.63, 3.8) is 0 Å². The normalized spacial score (nSPS) is 19.1. The maximum Gasteiger partial charge on any atom is 0.327 e. The predicted octanol–water partition coefficient (Wildman–Crippen LogP) is 1.07. The lowest BCUT2D eigenvalue weighted by molar-refractivity contribution is -0.140. The van der Waals surface area contributed by atoms with Gasteiger partial charge in [0.2, 0.25) is 5.91 Å². The minimum Gasteiger partial charge on any atom is -0.480 e. The van der Waals surface area contributed by atoms with Crippen molar-refractivity contribution in [3.8, 4) is 0 Å². The summed E-state index contributed by atoms with van der Waals surface area (Å²) in [7, 11) is 0. The summed E-state index contributed by atoms with van der Waals surface area (Å²) in [6.45, 7) is 3.73. The zero-order valence-corrected chi connectivity index (χ0v) is 11.1. The van der Waals surface area contributed by atoms with E-state index in [1.165, 1.54) is 4.90 Å². The molecule has 0 bridgehead atoms. The Morgan fingerprint density at radius 3 is 2.79 bits per heavy atom. The number of hydrogen-bond donors (Lipinski definition) is 2. The number of fused-ring (bicyclic) bond motifs is 1.